The molecule has 1 fully saturated rings. The molecule has 0 bridgehead atoms. The molecule has 146 valence electrons. The van der Waals surface area contributed by atoms with E-state index in [1.54, 1.807) is 4.90 Å². The highest BCUT2D eigenvalue weighted by atomic mass is 16.5. The average Bonchev–Trinajstić information content (AvgIpc) is 2.63. The maximum atomic E-state index is 10.4. The summed E-state index contributed by atoms with van der Waals surface area (Å²) in [5.41, 5.74) is 4.95. The molecule has 27 heavy (non-hydrogen) atoms. The maximum absolute atomic E-state index is 10.4. The van der Waals surface area contributed by atoms with Crippen LogP contribution in [0.15, 0.2) is 42.5 Å². The molecule has 1 saturated heterocycles. The molecule has 2 aromatic carbocycles. The SMILES string of the molecule is Cc1cc(C)c(OC[C@@H](O)C[NH+]2CC[NH+](Cc3ccccc3)CC2)c(C)c1. The number of nitrogens with one attached hydrogen (secondary N) is 2. The van der Waals surface area contributed by atoms with Crippen molar-refractivity contribution in [3.05, 3.63) is 64.7 Å². The lowest BCUT2D eigenvalue weighted by atomic mass is 10.1. The van der Waals surface area contributed by atoms with Crippen LogP contribution in [0.2, 0.25) is 0 Å². The molecule has 2 aromatic rings. The lowest BCUT2D eigenvalue weighted by Crippen LogP contribution is -3.28. The number of quaternary nitrogens is 2. The van der Waals surface area contributed by atoms with E-state index in [9.17, 15) is 5.11 Å². The minimum atomic E-state index is -0.421. The summed E-state index contributed by atoms with van der Waals surface area (Å²) < 4.78 is 5.96. The van der Waals surface area contributed by atoms with Crippen LogP contribution in [0.3, 0.4) is 0 Å². The summed E-state index contributed by atoms with van der Waals surface area (Å²) in [6.07, 6.45) is -0.421. The van der Waals surface area contributed by atoms with Crippen molar-refractivity contribution in [2.75, 3.05) is 39.3 Å². The Balaban J connectivity index is 1.41. The number of benzene rings is 2. The Hall–Kier alpha value is -1.88. The van der Waals surface area contributed by atoms with Crippen LogP contribution >= 0.6 is 0 Å². The third-order valence-corrected chi connectivity index (χ3v) is 5.51. The number of piperazine rings is 1. The van der Waals surface area contributed by atoms with E-state index in [4.69, 9.17) is 4.74 Å². The first kappa shape index (κ1) is 19.9. The summed E-state index contributed by atoms with van der Waals surface area (Å²) in [5.74, 6) is 0.923. The molecule has 0 spiro atoms. The number of hydrogen-bond acceptors (Lipinski definition) is 2. The van der Waals surface area contributed by atoms with Crippen molar-refractivity contribution < 1.29 is 19.6 Å². The van der Waals surface area contributed by atoms with Crippen LogP contribution in [0.25, 0.3) is 0 Å². The fraction of sp³-hybridized carbons (Fsp3) is 0.478. The van der Waals surface area contributed by atoms with Crippen molar-refractivity contribution in [3.63, 3.8) is 0 Å². The zero-order chi connectivity index (χ0) is 19.2. The molecule has 4 nitrogen and oxygen atoms in total. The quantitative estimate of drug-likeness (QED) is 0.658. The number of aryl methyl sites for hydroxylation is 3. The highest BCUT2D eigenvalue weighted by Gasteiger charge is 2.25. The van der Waals surface area contributed by atoms with Gasteiger partial charge in [-0.15, -0.1) is 0 Å². The van der Waals surface area contributed by atoms with Gasteiger partial charge < -0.3 is 19.6 Å². The molecule has 0 aromatic heterocycles. The first-order valence-electron chi connectivity index (χ1n) is 10.1. The molecular weight excluding hydrogens is 336 g/mol. The second-order valence-electron chi connectivity index (χ2n) is 8.06. The summed E-state index contributed by atoms with van der Waals surface area (Å²) in [6.45, 7) is 13.0. The molecular formula is C23H34N2O2+2. The maximum Gasteiger partial charge on any atom is 0.137 e. The molecule has 0 aliphatic carbocycles. The van der Waals surface area contributed by atoms with Crippen molar-refractivity contribution in [2.24, 2.45) is 0 Å². The van der Waals surface area contributed by atoms with Gasteiger partial charge in [0, 0.05) is 5.56 Å². The van der Waals surface area contributed by atoms with Gasteiger partial charge in [0.15, 0.2) is 0 Å². The third kappa shape index (κ3) is 5.80. The molecule has 0 amide bonds. The first-order valence-corrected chi connectivity index (χ1v) is 10.1. The van der Waals surface area contributed by atoms with Gasteiger partial charge in [0.25, 0.3) is 0 Å². The predicted octanol–water partition coefficient (Wildman–Crippen LogP) is 0.335. The van der Waals surface area contributed by atoms with Gasteiger partial charge in [-0.25, -0.2) is 0 Å². The Bertz CT molecular complexity index is 701. The van der Waals surface area contributed by atoms with Crippen LogP contribution < -0.4 is 14.5 Å². The van der Waals surface area contributed by atoms with Crippen molar-refractivity contribution in [1.29, 1.82) is 0 Å². The van der Waals surface area contributed by atoms with Gasteiger partial charge in [-0.05, 0) is 31.9 Å². The molecule has 1 aliphatic heterocycles. The topological polar surface area (TPSA) is 38.3 Å². The van der Waals surface area contributed by atoms with Gasteiger partial charge >= 0.3 is 0 Å². The molecule has 1 atom stereocenters. The lowest BCUT2D eigenvalue weighted by Gasteiger charge is -2.30. The van der Waals surface area contributed by atoms with Crippen LogP contribution in [0, 0.1) is 20.8 Å². The summed E-state index contributed by atoms with van der Waals surface area (Å²) in [5, 5.41) is 10.4. The van der Waals surface area contributed by atoms with Crippen molar-refractivity contribution >= 4 is 0 Å². The minimum absolute atomic E-state index is 0.370. The van der Waals surface area contributed by atoms with Crippen LogP contribution in [-0.4, -0.2) is 50.5 Å². The van der Waals surface area contributed by atoms with Crippen molar-refractivity contribution in [3.8, 4) is 5.75 Å². The first-order chi connectivity index (χ1) is 13.0. The van der Waals surface area contributed by atoms with Crippen LogP contribution in [0.5, 0.6) is 5.75 Å². The Morgan fingerprint density at radius 2 is 1.52 bits per heavy atom. The molecule has 1 heterocycles. The fourth-order valence-corrected chi connectivity index (χ4v) is 4.19. The van der Waals surface area contributed by atoms with E-state index in [2.05, 4.69) is 63.2 Å². The zero-order valence-corrected chi connectivity index (χ0v) is 16.9. The third-order valence-electron chi connectivity index (χ3n) is 5.51. The molecule has 4 heteroatoms. The molecule has 3 rings (SSSR count). The Morgan fingerprint density at radius 3 is 2.15 bits per heavy atom. The Morgan fingerprint density at radius 1 is 0.926 bits per heavy atom. The highest BCUT2D eigenvalue weighted by molar-refractivity contribution is 5.42. The Kier molecular flexibility index (Phi) is 6.89. The van der Waals surface area contributed by atoms with E-state index in [1.165, 1.54) is 16.0 Å². The summed E-state index contributed by atoms with van der Waals surface area (Å²) in [4.78, 5) is 3.13. The van der Waals surface area contributed by atoms with E-state index >= 15 is 0 Å². The van der Waals surface area contributed by atoms with Gasteiger partial charge in [-0.2, -0.15) is 0 Å². The van der Waals surface area contributed by atoms with Gasteiger partial charge in [0.2, 0.25) is 0 Å². The van der Waals surface area contributed by atoms with Crippen LogP contribution in [0.4, 0.5) is 0 Å². The highest BCUT2D eigenvalue weighted by Crippen LogP contribution is 2.24. The number of hydrogen-bond donors (Lipinski definition) is 3. The second kappa shape index (κ2) is 9.36. The summed E-state index contributed by atoms with van der Waals surface area (Å²) in [7, 11) is 0. The monoisotopic (exact) mass is 370 g/mol. The normalized spacial score (nSPS) is 21.0. The summed E-state index contributed by atoms with van der Waals surface area (Å²) in [6, 6.07) is 15.0. The van der Waals surface area contributed by atoms with Crippen molar-refractivity contribution in [1.82, 2.24) is 0 Å². The number of rotatable bonds is 7. The molecule has 1 aliphatic rings. The van der Waals surface area contributed by atoms with E-state index in [-0.39, 0.29) is 0 Å². The number of aliphatic hydroxyl groups is 1. The second-order valence-corrected chi connectivity index (χ2v) is 8.06. The fourth-order valence-electron chi connectivity index (χ4n) is 4.19. The number of aliphatic hydroxyl groups excluding tert-OH is 1. The standard InChI is InChI=1S/C23H32N2O2/c1-18-13-19(2)23(20(3)14-18)27-17-22(26)16-25-11-9-24(10-12-25)15-21-7-5-4-6-8-21/h4-8,13-14,22,26H,9-12,15-17H2,1-3H3/p+2/t22-/m0/s1. The van der Waals surface area contributed by atoms with Crippen LogP contribution in [0.1, 0.15) is 22.3 Å². The minimum Gasteiger partial charge on any atom is -0.490 e. The molecule has 3 N–H and O–H groups in total. The molecule has 0 saturated carbocycles. The average molecular weight is 371 g/mol. The molecule has 0 unspecified atom stereocenters. The van der Waals surface area contributed by atoms with Crippen LogP contribution in [-0.2, 0) is 6.54 Å². The van der Waals surface area contributed by atoms with E-state index in [0.29, 0.717) is 6.61 Å². The number of ether oxygens (including phenoxy) is 1. The predicted molar refractivity (Wildman–Crippen MR) is 109 cm³/mol. The van der Waals surface area contributed by atoms with E-state index in [0.717, 1.165) is 56.1 Å². The smallest absolute Gasteiger partial charge is 0.137 e. The Labute approximate surface area is 163 Å². The zero-order valence-electron chi connectivity index (χ0n) is 16.9. The lowest BCUT2D eigenvalue weighted by molar-refractivity contribution is -1.02. The summed E-state index contributed by atoms with van der Waals surface area (Å²) >= 11 is 0. The molecule has 0 radical (unpaired) electrons. The van der Waals surface area contributed by atoms with Gasteiger partial charge in [-0.1, -0.05) is 48.0 Å². The van der Waals surface area contributed by atoms with Gasteiger partial charge in [0.1, 0.15) is 57.7 Å². The van der Waals surface area contributed by atoms with E-state index < -0.39 is 6.10 Å². The van der Waals surface area contributed by atoms with Crippen molar-refractivity contribution in [2.45, 2.75) is 33.4 Å². The largest absolute Gasteiger partial charge is 0.490 e. The van der Waals surface area contributed by atoms with Gasteiger partial charge in [0.05, 0.1) is 0 Å². The van der Waals surface area contributed by atoms with E-state index in [1.807, 2.05) is 0 Å². The van der Waals surface area contributed by atoms with Gasteiger partial charge in [-0.3, -0.25) is 0 Å².